The van der Waals surface area contributed by atoms with E-state index in [9.17, 15) is 4.79 Å². The van der Waals surface area contributed by atoms with E-state index in [4.69, 9.17) is 4.74 Å². The third kappa shape index (κ3) is 4.17. The molecule has 1 amide bonds. The van der Waals surface area contributed by atoms with Gasteiger partial charge >= 0.3 is 0 Å². The lowest BCUT2D eigenvalue weighted by Crippen LogP contribution is -2.36. The number of ether oxygens (including phenoxy) is 1. The second-order valence-electron chi connectivity index (χ2n) is 6.45. The summed E-state index contributed by atoms with van der Waals surface area (Å²) in [5.41, 5.74) is 3.73. The number of hydrogen-bond acceptors (Lipinski definition) is 4. The van der Waals surface area contributed by atoms with E-state index in [-0.39, 0.29) is 5.91 Å². The first-order valence-electron chi connectivity index (χ1n) is 9.09. The molecule has 0 radical (unpaired) electrons. The van der Waals surface area contributed by atoms with Crippen LogP contribution >= 0.6 is 0 Å². The van der Waals surface area contributed by atoms with Crippen LogP contribution in [0.3, 0.4) is 0 Å². The standard InChI is InChI=1S/C21H22N4O2/c26-21(18-5-2-6-19(15-18)24-10-12-27-13-11-24)22-16-17-4-1-7-20(14-17)25-9-3-8-23-25/h1-9,14-15H,10-13,16H2,(H,22,26). The predicted octanol–water partition coefficient (Wildman–Crippen LogP) is 2.64. The third-order valence-electron chi connectivity index (χ3n) is 4.62. The van der Waals surface area contributed by atoms with Gasteiger partial charge in [0.15, 0.2) is 0 Å². The van der Waals surface area contributed by atoms with Crippen LogP contribution < -0.4 is 10.2 Å². The minimum absolute atomic E-state index is 0.0744. The molecule has 0 spiro atoms. The maximum atomic E-state index is 12.6. The van der Waals surface area contributed by atoms with E-state index in [1.54, 1.807) is 10.9 Å². The zero-order chi connectivity index (χ0) is 18.5. The van der Waals surface area contributed by atoms with Crippen molar-refractivity contribution < 1.29 is 9.53 Å². The van der Waals surface area contributed by atoms with Gasteiger partial charge in [-0.25, -0.2) is 4.68 Å². The van der Waals surface area contributed by atoms with E-state index in [1.165, 1.54) is 0 Å². The van der Waals surface area contributed by atoms with E-state index in [0.29, 0.717) is 12.1 Å². The molecule has 0 bridgehead atoms. The maximum absolute atomic E-state index is 12.6. The van der Waals surface area contributed by atoms with Crippen molar-refractivity contribution in [1.29, 1.82) is 0 Å². The molecule has 27 heavy (non-hydrogen) atoms. The van der Waals surface area contributed by atoms with Crippen molar-refractivity contribution in [2.45, 2.75) is 6.54 Å². The summed E-state index contributed by atoms with van der Waals surface area (Å²) in [5.74, 6) is -0.0744. The van der Waals surface area contributed by atoms with Crippen molar-refractivity contribution in [2.24, 2.45) is 0 Å². The predicted molar refractivity (Wildman–Crippen MR) is 104 cm³/mol. The number of rotatable bonds is 5. The van der Waals surface area contributed by atoms with Crippen LogP contribution in [0.2, 0.25) is 0 Å². The highest BCUT2D eigenvalue weighted by atomic mass is 16.5. The van der Waals surface area contributed by atoms with Gasteiger partial charge in [-0.3, -0.25) is 4.79 Å². The normalized spacial score (nSPS) is 14.1. The number of amides is 1. The van der Waals surface area contributed by atoms with Gasteiger partial charge in [-0.15, -0.1) is 0 Å². The second kappa shape index (κ2) is 8.05. The van der Waals surface area contributed by atoms with E-state index in [2.05, 4.69) is 15.3 Å². The van der Waals surface area contributed by atoms with Crippen molar-refractivity contribution in [1.82, 2.24) is 15.1 Å². The van der Waals surface area contributed by atoms with Crippen molar-refractivity contribution >= 4 is 11.6 Å². The molecule has 3 aromatic rings. The quantitative estimate of drug-likeness (QED) is 0.758. The number of nitrogens with one attached hydrogen (secondary N) is 1. The summed E-state index contributed by atoms with van der Waals surface area (Å²) in [6.07, 6.45) is 3.64. The summed E-state index contributed by atoms with van der Waals surface area (Å²) < 4.78 is 7.20. The summed E-state index contributed by atoms with van der Waals surface area (Å²) in [6, 6.07) is 17.6. The lowest BCUT2D eigenvalue weighted by Gasteiger charge is -2.29. The Morgan fingerprint density at radius 1 is 1.04 bits per heavy atom. The molecule has 6 nitrogen and oxygen atoms in total. The zero-order valence-corrected chi connectivity index (χ0v) is 15.0. The summed E-state index contributed by atoms with van der Waals surface area (Å²) >= 11 is 0. The molecule has 1 fully saturated rings. The number of benzene rings is 2. The molecule has 1 N–H and O–H groups in total. The van der Waals surface area contributed by atoms with E-state index < -0.39 is 0 Å². The van der Waals surface area contributed by atoms with Crippen LogP contribution in [0.5, 0.6) is 0 Å². The Hall–Kier alpha value is -3.12. The Morgan fingerprint density at radius 2 is 1.85 bits per heavy atom. The molecule has 6 heteroatoms. The summed E-state index contributed by atoms with van der Waals surface area (Å²) in [6.45, 7) is 3.62. The van der Waals surface area contributed by atoms with Gasteiger partial charge in [-0.2, -0.15) is 5.10 Å². The van der Waals surface area contributed by atoms with Crippen LogP contribution in [-0.2, 0) is 11.3 Å². The molecule has 138 valence electrons. The van der Waals surface area contributed by atoms with Crippen LogP contribution in [-0.4, -0.2) is 42.0 Å². The van der Waals surface area contributed by atoms with Crippen LogP contribution in [0.1, 0.15) is 15.9 Å². The minimum atomic E-state index is -0.0744. The second-order valence-corrected chi connectivity index (χ2v) is 6.45. The fourth-order valence-corrected chi connectivity index (χ4v) is 3.18. The van der Waals surface area contributed by atoms with Crippen LogP contribution in [0.4, 0.5) is 5.69 Å². The number of aromatic nitrogens is 2. The van der Waals surface area contributed by atoms with Crippen molar-refractivity contribution in [3.63, 3.8) is 0 Å². The molecule has 0 saturated carbocycles. The summed E-state index contributed by atoms with van der Waals surface area (Å²) in [7, 11) is 0. The number of carbonyl (C=O) groups excluding carboxylic acids is 1. The number of nitrogens with zero attached hydrogens (tertiary/aromatic N) is 3. The third-order valence-corrected chi connectivity index (χ3v) is 4.62. The van der Waals surface area contributed by atoms with E-state index >= 15 is 0 Å². The molecular formula is C21H22N4O2. The molecule has 2 heterocycles. The van der Waals surface area contributed by atoms with E-state index in [0.717, 1.165) is 43.2 Å². The Balaban J connectivity index is 1.42. The van der Waals surface area contributed by atoms with Gasteiger partial charge < -0.3 is 15.0 Å². The van der Waals surface area contributed by atoms with Crippen LogP contribution in [0.25, 0.3) is 5.69 Å². The number of morpholine rings is 1. The molecule has 1 aliphatic heterocycles. The summed E-state index contributed by atoms with van der Waals surface area (Å²) in [5, 5.41) is 7.25. The highest BCUT2D eigenvalue weighted by molar-refractivity contribution is 5.95. The van der Waals surface area contributed by atoms with Crippen molar-refractivity contribution in [3.05, 3.63) is 78.1 Å². The fourth-order valence-electron chi connectivity index (χ4n) is 3.18. The monoisotopic (exact) mass is 362 g/mol. The molecule has 1 saturated heterocycles. The van der Waals surface area contributed by atoms with Gasteiger partial charge in [-0.05, 0) is 42.0 Å². The SMILES string of the molecule is O=C(NCc1cccc(-n2cccn2)c1)c1cccc(N2CCOCC2)c1. The number of carbonyl (C=O) groups is 1. The van der Waals surface area contributed by atoms with Gasteiger partial charge in [0.05, 0.1) is 18.9 Å². The van der Waals surface area contributed by atoms with Gasteiger partial charge in [0.2, 0.25) is 0 Å². The molecule has 1 aliphatic rings. The van der Waals surface area contributed by atoms with Gasteiger partial charge in [0.1, 0.15) is 0 Å². The maximum Gasteiger partial charge on any atom is 0.251 e. The lowest BCUT2D eigenvalue weighted by atomic mass is 10.1. The average molecular weight is 362 g/mol. The lowest BCUT2D eigenvalue weighted by molar-refractivity contribution is 0.0951. The molecule has 4 rings (SSSR count). The molecule has 0 atom stereocenters. The topological polar surface area (TPSA) is 59.4 Å². The van der Waals surface area contributed by atoms with Gasteiger partial charge in [0, 0.05) is 43.3 Å². The Bertz CT molecular complexity index is 902. The van der Waals surface area contributed by atoms with Crippen molar-refractivity contribution in [3.8, 4) is 5.69 Å². The first kappa shape index (κ1) is 17.3. The Morgan fingerprint density at radius 3 is 2.67 bits per heavy atom. The smallest absolute Gasteiger partial charge is 0.251 e. The highest BCUT2D eigenvalue weighted by Crippen LogP contribution is 2.18. The average Bonchev–Trinajstić information content (AvgIpc) is 3.28. The van der Waals surface area contributed by atoms with Crippen LogP contribution in [0, 0.1) is 0 Å². The van der Waals surface area contributed by atoms with Gasteiger partial charge in [-0.1, -0.05) is 18.2 Å². The Kier molecular flexibility index (Phi) is 5.16. The molecule has 0 aliphatic carbocycles. The first-order valence-corrected chi connectivity index (χ1v) is 9.09. The molecular weight excluding hydrogens is 340 g/mol. The zero-order valence-electron chi connectivity index (χ0n) is 15.0. The number of anilines is 1. The fraction of sp³-hybridized carbons (Fsp3) is 0.238. The molecule has 1 aromatic heterocycles. The molecule has 2 aromatic carbocycles. The Labute approximate surface area is 158 Å². The van der Waals surface area contributed by atoms with E-state index in [1.807, 2.05) is 60.8 Å². The highest BCUT2D eigenvalue weighted by Gasteiger charge is 2.13. The van der Waals surface area contributed by atoms with Gasteiger partial charge in [0.25, 0.3) is 5.91 Å². The number of hydrogen-bond donors (Lipinski definition) is 1. The molecule has 0 unspecified atom stereocenters. The first-order chi connectivity index (χ1) is 13.3. The summed E-state index contributed by atoms with van der Waals surface area (Å²) in [4.78, 5) is 14.8. The van der Waals surface area contributed by atoms with Crippen molar-refractivity contribution in [2.75, 3.05) is 31.2 Å². The minimum Gasteiger partial charge on any atom is -0.378 e. The van der Waals surface area contributed by atoms with Crippen LogP contribution in [0.15, 0.2) is 67.0 Å². The largest absolute Gasteiger partial charge is 0.378 e.